The van der Waals surface area contributed by atoms with Gasteiger partial charge in [-0.2, -0.15) is 0 Å². The Morgan fingerprint density at radius 1 is 1.14 bits per heavy atom. The first-order valence-corrected chi connectivity index (χ1v) is 6.24. The number of rotatable bonds is 4. The van der Waals surface area contributed by atoms with Crippen LogP contribution in [0.3, 0.4) is 0 Å². The number of anilines is 1. The third kappa shape index (κ3) is 3.33. The van der Waals surface area contributed by atoms with Crippen molar-refractivity contribution in [2.45, 2.75) is 6.92 Å². The zero-order chi connectivity index (χ0) is 15.6. The third-order valence-corrected chi connectivity index (χ3v) is 3.09. The van der Waals surface area contributed by atoms with Gasteiger partial charge in [-0.3, -0.25) is 30.3 Å². The summed E-state index contributed by atoms with van der Waals surface area (Å²) in [6.07, 6.45) is 0. The van der Waals surface area contributed by atoms with Gasteiger partial charge in [-0.05, 0) is 6.92 Å². The summed E-state index contributed by atoms with van der Waals surface area (Å²) in [5.74, 6) is -0.738. The average Bonchev–Trinajstić information content (AvgIpc) is 2.83. The predicted molar refractivity (Wildman–Crippen MR) is 72.3 cm³/mol. The van der Waals surface area contributed by atoms with Crippen molar-refractivity contribution >= 4 is 33.8 Å². The molecular weight excluding hydrogens is 302 g/mol. The Labute approximate surface area is 120 Å². The van der Waals surface area contributed by atoms with E-state index in [0.717, 1.165) is 29.5 Å². The second-order valence-corrected chi connectivity index (χ2v) is 5.01. The molecule has 0 saturated heterocycles. The monoisotopic (exact) mass is 309 g/mol. The molecule has 0 saturated carbocycles. The Bertz CT molecular complexity index is 711. The van der Waals surface area contributed by atoms with E-state index in [-0.39, 0.29) is 10.7 Å². The van der Waals surface area contributed by atoms with Crippen LogP contribution < -0.4 is 5.32 Å². The summed E-state index contributed by atoms with van der Waals surface area (Å²) in [4.78, 5) is 31.8. The molecule has 0 unspecified atom stereocenters. The van der Waals surface area contributed by atoms with Crippen molar-refractivity contribution in [3.8, 4) is 0 Å². The molecule has 0 atom stereocenters. The normalized spacial score (nSPS) is 10.1. The minimum Gasteiger partial charge on any atom is -0.296 e. The molecule has 21 heavy (non-hydrogen) atoms. The van der Waals surface area contributed by atoms with E-state index >= 15 is 0 Å². The number of aromatic nitrogens is 2. The second-order valence-electron chi connectivity index (χ2n) is 3.83. The fraction of sp³-hybridized carbons (Fsp3) is 0.100. The van der Waals surface area contributed by atoms with Crippen molar-refractivity contribution in [1.29, 1.82) is 0 Å². The summed E-state index contributed by atoms with van der Waals surface area (Å²) in [7, 11) is 0. The highest BCUT2D eigenvalue weighted by molar-refractivity contribution is 7.15. The number of nitro groups is 2. The van der Waals surface area contributed by atoms with Gasteiger partial charge in [0.2, 0.25) is 5.13 Å². The van der Waals surface area contributed by atoms with Gasteiger partial charge in [-0.1, -0.05) is 11.3 Å². The van der Waals surface area contributed by atoms with Crippen LogP contribution in [-0.4, -0.2) is 26.0 Å². The number of nitrogens with one attached hydrogen (secondary N) is 1. The largest absolute Gasteiger partial charge is 0.296 e. The molecule has 1 aromatic carbocycles. The van der Waals surface area contributed by atoms with Crippen molar-refractivity contribution in [1.82, 2.24) is 10.2 Å². The van der Waals surface area contributed by atoms with Crippen molar-refractivity contribution in [3.05, 3.63) is 49.0 Å². The third-order valence-electron chi connectivity index (χ3n) is 2.33. The van der Waals surface area contributed by atoms with Gasteiger partial charge in [0.1, 0.15) is 5.01 Å². The average molecular weight is 309 g/mol. The maximum Gasteiger partial charge on any atom is 0.277 e. The molecule has 0 spiro atoms. The van der Waals surface area contributed by atoms with Crippen LogP contribution in [0.25, 0.3) is 0 Å². The van der Waals surface area contributed by atoms with E-state index in [1.54, 1.807) is 6.92 Å². The molecule has 0 aliphatic carbocycles. The lowest BCUT2D eigenvalue weighted by molar-refractivity contribution is -0.394. The van der Waals surface area contributed by atoms with Crippen molar-refractivity contribution in [2.24, 2.45) is 0 Å². The number of benzene rings is 1. The van der Waals surface area contributed by atoms with Gasteiger partial charge in [-0.15, -0.1) is 10.2 Å². The summed E-state index contributed by atoms with van der Waals surface area (Å²) in [6.45, 7) is 1.69. The highest BCUT2D eigenvalue weighted by Gasteiger charge is 2.20. The molecule has 0 aliphatic rings. The van der Waals surface area contributed by atoms with Crippen molar-refractivity contribution < 1.29 is 14.6 Å². The van der Waals surface area contributed by atoms with Crippen molar-refractivity contribution in [2.75, 3.05) is 5.32 Å². The molecule has 108 valence electrons. The van der Waals surface area contributed by atoms with Crippen LogP contribution in [0, 0.1) is 27.2 Å². The molecule has 2 rings (SSSR count). The van der Waals surface area contributed by atoms with Gasteiger partial charge in [0.15, 0.2) is 0 Å². The first-order valence-electron chi connectivity index (χ1n) is 5.42. The zero-order valence-electron chi connectivity index (χ0n) is 10.5. The number of nitro benzene ring substituents is 2. The van der Waals surface area contributed by atoms with Crippen LogP contribution in [0.1, 0.15) is 15.4 Å². The van der Waals surface area contributed by atoms with Crippen molar-refractivity contribution in [3.63, 3.8) is 0 Å². The summed E-state index contributed by atoms with van der Waals surface area (Å²) >= 11 is 1.11. The van der Waals surface area contributed by atoms with Crippen LogP contribution in [0.15, 0.2) is 18.2 Å². The van der Waals surface area contributed by atoms with Crippen LogP contribution >= 0.6 is 11.3 Å². The maximum absolute atomic E-state index is 12.0. The Hall–Kier alpha value is -2.95. The smallest absolute Gasteiger partial charge is 0.277 e. The van der Waals surface area contributed by atoms with E-state index in [0.29, 0.717) is 5.01 Å². The molecule has 2 aromatic rings. The van der Waals surface area contributed by atoms with Gasteiger partial charge in [-0.25, -0.2) is 0 Å². The number of carbonyl (C=O) groups is 1. The maximum atomic E-state index is 12.0. The number of hydrogen-bond donors (Lipinski definition) is 1. The Balaban J connectivity index is 2.35. The number of aryl methyl sites for hydroxylation is 1. The van der Waals surface area contributed by atoms with Crippen LogP contribution in [-0.2, 0) is 0 Å². The Morgan fingerprint density at radius 2 is 1.71 bits per heavy atom. The highest BCUT2D eigenvalue weighted by atomic mass is 32.1. The Kier molecular flexibility index (Phi) is 3.84. The van der Waals surface area contributed by atoms with E-state index in [2.05, 4.69) is 15.5 Å². The quantitative estimate of drug-likeness (QED) is 0.671. The summed E-state index contributed by atoms with van der Waals surface area (Å²) in [5, 5.41) is 32.0. The number of non-ortho nitro benzene ring substituents is 2. The standard InChI is InChI=1S/C10H7N5O5S/c1-5-12-13-10(21-5)11-9(16)6-2-7(14(17)18)4-8(3-6)15(19)20/h2-4H,1H3,(H,11,13,16). The van der Waals surface area contributed by atoms with Gasteiger partial charge in [0.05, 0.1) is 21.5 Å². The molecule has 0 radical (unpaired) electrons. The lowest BCUT2D eigenvalue weighted by atomic mass is 10.1. The van der Waals surface area contributed by atoms with E-state index < -0.39 is 27.1 Å². The van der Waals surface area contributed by atoms with Crippen LogP contribution in [0.5, 0.6) is 0 Å². The summed E-state index contributed by atoms with van der Waals surface area (Å²) < 4.78 is 0. The molecule has 0 bridgehead atoms. The van der Waals surface area contributed by atoms with E-state index in [1.807, 2.05) is 0 Å². The minimum atomic E-state index is -0.807. The van der Waals surface area contributed by atoms with E-state index in [4.69, 9.17) is 0 Å². The minimum absolute atomic E-state index is 0.201. The number of hydrogen-bond acceptors (Lipinski definition) is 8. The number of nitrogens with zero attached hydrogens (tertiary/aromatic N) is 4. The SMILES string of the molecule is Cc1nnc(NC(=O)c2cc([N+](=O)[O-])cc([N+](=O)[O-])c2)s1. The number of amides is 1. The first kappa shape index (κ1) is 14.5. The predicted octanol–water partition coefficient (Wildman–Crippen LogP) is 1.92. The lowest BCUT2D eigenvalue weighted by Crippen LogP contribution is -2.12. The van der Waals surface area contributed by atoms with Crippen LogP contribution in [0.2, 0.25) is 0 Å². The molecule has 11 heteroatoms. The molecule has 10 nitrogen and oxygen atoms in total. The molecular formula is C10H7N5O5S. The highest BCUT2D eigenvalue weighted by Crippen LogP contribution is 2.23. The number of carbonyl (C=O) groups excluding carboxylic acids is 1. The fourth-order valence-corrected chi connectivity index (χ4v) is 2.04. The molecule has 0 fully saturated rings. The Morgan fingerprint density at radius 3 is 2.14 bits per heavy atom. The zero-order valence-corrected chi connectivity index (χ0v) is 11.3. The molecule has 1 amide bonds. The summed E-state index contributed by atoms with van der Waals surface area (Å²) in [6, 6.07) is 2.69. The fourth-order valence-electron chi connectivity index (χ4n) is 1.45. The van der Waals surface area contributed by atoms with E-state index in [1.165, 1.54) is 0 Å². The topological polar surface area (TPSA) is 141 Å². The molecule has 1 heterocycles. The lowest BCUT2D eigenvalue weighted by Gasteiger charge is -2.01. The van der Waals surface area contributed by atoms with Crippen LogP contribution in [0.4, 0.5) is 16.5 Å². The molecule has 0 aliphatic heterocycles. The van der Waals surface area contributed by atoms with E-state index in [9.17, 15) is 25.0 Å². The summed E-state index contributed by atoms with van der Waals surface area (Å²) in [5.41, 5.74) is -1.28. The molecule has 1 aromatic heterocycles. The molecule has 1 N–H and O–H groups in total. The van der Waals surface area contributed by atoms with Gasteiger partial charge >= 0.3 is 0 Å². The van der Waals surface area contributed by atoms with Gasteiger partial charge in [0.25, 0.3) is 17.3 Å². The first-order chi connectivity index (χ1) is 9.86. The second kappa shape index (κ2) is 5.58. The van der Waals surface area contributed by atoms with Gasteiger partial charge < -0.3 is 0 Å². The van der Waals surface area contributed by atoms with Gasteiger partial charge in [0, 0.05) is 12.1 Å².